The molecule has 1 saturated heterocycles. The van der Waals surface area contributed by atoms with Crippen LogP contribution < -0.4 is 14.8 Å². The maximum absolute atomic E-state index is 12.6. The highest BCUT2D eigenvalue weighted by Crippen LogP contribution is 2.29. The van der Waals surface area contributed by atoms with Gasteiger partial charge in [0.1, 0.15) is 5.75 Å². The molecule has 1 aliphatic heterocycles. The SMILES string of the molecule is COc1ccc(NC(C)=O)c(NS(=O)(=O)N2CCCC(C)C2)c1. The maximum atomic E-state index is 12.6. The molecular formula is C15H23N3O4S. The number of nitrogens with one attached hydrogen (secondary N) is 2. The molecule has 1 amide bonds. The fraction of sp³-hybridized carbons (Fsp3) is 0.533. The van der Waals surface area contributed by atoms with Crippen LogP contribution in [0, 0.1) is 5.92 Å². The predicted molar refractivity (Wildman–Crippen MR) is 89.8 cm³/mol. The van der Waals surface area contributed by atoms with Gasteiger partial charge in [0, 0.05) is 26.1 Å². The average molecular weight is 341 g/mol. The van der Waals surface area contributed by atoms with Gasteiger partial charge in [0.2, 0.25) is 5.91 Å². The third-order valence-corrected chi connectivity index (χ3v) is 5.23. The lowest BCUT2D eigenvalue weighted by atomic mass is 10.0. The summed E-state index contributed by atoms with van der Waals surface area (Å²) in [6, 6.07) is 4.82. The lowest BCUT2D eigenvalue weighted by Crippen LogP contribution is -2.42. The molecule has 2 N–H and O–H groups in total. The zero-order valence-electron chi connectivity index (χ0n) is 13.6. The average Bonchev–Trinajstić information content (AvgIpc) is 2.48. The Morgan fingerprint density at radius 3 is 2.70 bits per heavy atom. The number of carbonyl (C=O) groups is 1. The van der Waals surface area contributed by atoms with Crippen LogP contribution in [-0.2, 0) is 15.0 Å². The minimum absolute atomic E-state index is 0.276. The minimum Gasteiger partial charge on any atom is -0.497 e. The molecule has 1 aliphatic rings. The standard InChI is InChI=1S/C15H23N3O4S/c1-11-5-4-8-18(10-11)23(20,21)17-15-9-13(22-3)6-7-14(15)16-12(2)19/h6-7,9,11,17H,4-5,8,10H2,1-3H3,(H,16,19). The number of piperidine rings is 1. The fourth-order valence-corrected chi connectivity index (χ4v) is 4.00. The Morgan fingerprint density at radius 2 is 2.09 bits per heavy atom. The third kappa shape index (κ3) is 4.59. The molecule has 1 unspecified atom stereocenters. The van der Waals surface area contributed by atoms with Crippen molar-refractivity contribution >= 4 is 27.5 Å². The van der Waals surface area contributed by atoms with Gasteiger partial charge in [-0.25, -0.2) is 0 Å². The Morgan fingerprint density at radius 1 is 1.35 bits per heavy atom. The van der Waals surface area contributed by atoms with Crippen molar-refractivity contribution in [1.82, 2.24) is 4.31 Å². The molecule has 23 heavy (non-hydrogen) atoms. The van der Waals surface area contributed by atoms with E-state index in [1.165, 1.54) is 18.3 Å². The predicted octanol–water partition coefficient (Wildman–Crippen LogP) is 2.04. The molecule has 0 aliphatic carbocycles. The van der Waals surface area contributed by atoms with E-state index >= 15 is 0 Å². The number of amides is 1. The zero-order chi connectivity index (χ0) is 17.0. The second-order valence-corrected chi connectivity index (χ2v) is 7.48. The molecule has 8 heteroatoms. The first kappa shape index (κ1) is 17.6. The summed E-state index contributed by atoms with van der Waals surface area (Å²) in [6.45, 7) is 4.40. The first-order chi connectivity index (χ1) is 10.8. The van der Waals surface area contributed by atoms with Crippen molar-refractivity contribution in [3.8, 4) is 5.75 Å². The number of methoxy groups -OCH3 is 1. The smallest absolute Gasteiger partial charge is 0.301 e. The van der Waals surface area contributed by atoms with Crippen LogP contribution >= 0.6 is 0 Å². The molecule has 2 rings (SSSR count). The van der Waals surface area contributed by atoms with Gasteiger partial charge >= 0.3 is 10.2 Å². The van der Waals surface area contributed by atoms with Crippen molar-refractivity contribution in [3.05, 3.63) is 18.2 Å². The summed E-state index contributed by atoms with van der Waals surface area (Å²) < 4.78 is 34.3. The van der Waals surface area contributed by atoms with Crippen LogP contribution in [0.5, 0.6) is 5.75 Å². The van der Waals surface area contributed by atoms with Crippen LogP contribution in [0.25, 0.3) is 0 Å². The first-order valence-electron chi connectivity index (χ1n) is 7.55. The van der Waals surface area contributed by atoms with E-state index in [1.54, 1.807) is 18.2 Å². The number of nitrogens with zero attached hydrogens (tertiary/aromatic N) is 1. The van der Waals surface area contributed by atoms with Gasteiger partial charge in [0.25, 0.3) is 0 Å². The van der Waals surface area contributed by atoms with Gasteiger partial charge in [-0.2, -0.15) is 12.7 Å². The Kier molecular flexibility index (Phi) is 5.48. The number of hydrogen-bond acceptors (Lipinski definition) is 4. The van der Waals surface area contributed by atoms with E-state index in [2.05, 4.69) is 10.0 Å². The van der Waals surface area contributed by atoms with Crippen molar-refractivity contribution in [2.75, 3.05) is 30.2 Å². The molecule has 7 nitrogen and oxygen atoms in total. The second kappa shape index (κ2) is 7.18. The number of anilines is 2. The van der Waals surface area contributed by atoms with Crippen LogP contribution in [0.2, 0.25) is 0 Å². The monoisotopic (exact) mass is 341 g/mol. The summed E-state index contributed by atoms with van der Waals surface area (Å²) in [6.07, 6.45) is 1.88. The minimum atomic E-state index is -3.68. The van der Waals surface area contributed by atoms with Crippen molar-refractivity contribution < 1.29 is 17.9 Å². The summed E-state index contributed by atoms with van der Waals surface area (Å²) in [5, 5.41) is 2.62. The highest BCUT2D eigenvalue weighted by molar-refractivity contribution is 7.90. The largest absolute Gasteiger partial charge is 0.497 e. The Bertz CT molecular complexity index is 675. The Balaban J connectivity index is 2.27. The lowest BCUT2D eigenvalue weighted by Gasteiger charge is -2.30. The molecule has 0 aromatic heterocycles. The summed E-state index contributed by atoms with van der Waals surface area (Å²) in [4.78, 5) is 11.3. The number of ether oxygens (including phenoxy) is 1. The lowest BCUT2D eigenvalue weighted by molar-refractivity contribution is -0.114. The van der Waals surface area contributed by atoms with Gasteiger partial charge in [-0.15, -0.1) is 0 Å². The molecule has 0 saturated carbocycles. The number of hydrogen-bond donors (Lipinski definition) is 2. The molecule has 1 atom stereocenters. The third-order valence-electron chi connectivity index (χ3n) is 3.74. The summed E-state index contributed by atoms with van der Waals surface area (Å²) in [5.41, 5.74) is 0.685. The Hall–Kier alpha value is -1.80. The van der Waals surface area contributed by atoms with Crippen LogP contribution in [0.15, 0.2) is 18.2 Å². The number of rotatable bonds is 5. The van der Waals surface area contributed by atoms with Gasteiger partial charge in [0.05, 0.1) is 18.5 Å². The van der Waals surface area contributed by atoms with E-state index in [0.717, 1.165) is 12.8 Å². The van der Waals surface area contributed by atoms with E-state index in [0.29, 0.717) is 30.4 Å². The summed E-state index contributed by atoms with van der Waals surface area (Å²) in [7, 11) is -2.18. The molecule has 1 heterocycles. The number of benzene rings is 1. The van der Waals surface area contributed by atoms with Crippen molar-refractivity contribution in [1.29, 1.82) is 0 Å². The molecule has 1 aromatic carbocycles. The molecule has 0 radical (unpaired) electrons. The highest BCUT2D eigenvalue weighted by atomic mass is 32.2. The normalized spacial score (nSPS) is 19.2. The van der Waals surface area contributed by atoms with E-state index in [4.69, 9.17) is 4.74 Å². The van der Waals surface area contributed by atoms with Gasteiger partial charge in [-0.3, -0.25) is 9.52 Å². The summed E-state index contributed by atoms with van der Waals surface area (Å²) in [5.74, 6) is 0.562. The molecule has 0 bridgehead atoms. The van der Waals surface area contributed by atoms with Crippen LogP contribution in [-0.4, -0.2) is 38.8 Å². The van der Waals surface area contributed by atoms with Gasteiger partial charge < -0.3 is 10.1 Å². The second-order valence-electron chi connectivity index (χ2n) is 5.81. The zero-order valence-corrected chi connectivity index (χ0v) is 14.4. The molecule has 1 fully saturated rings. The summed E-state index contributed by atoms with van der Waals surface area (Å²) >= 11 is 0. The molecular weight excluding hydrogens is 318 g/mol. The van der Waals surface area contributed by atoms with E-state index < -0.39 is 10.2 Å². The highest BCUT2D eigenvalue weighted by Gasteiger charge is 2.27. The topological polar surface area (TPSA) is 87.7 Å². The molecule has 1 aromatic rings. The van der Waals surface area contributed by atoms with Crippen LogP contribution in [0.3, 0.4) is 0 Å². The number of carbonyl (C=O) groups excluding carboxylic acids is 1. The van der Waals surface area contributed by atoms with E-state index in [1.807, 2.05) is 6.92 Å². The van der Waals surface area contributed by atoms with Crippen molar-refractivity contribution in [2.24, 2.45) is 5.92 Å². The van der Waals surface area contributed by atoms with Crippen molar-refractivity contribution in [3.63, 3.8) is 0 Å². The van der Waals surface area contributed by atoms with Crippen LogP contribution in [0.1, 0.15) is 26.7 Å². The molecule has 0 spiro atoms. The Labute approximate surface area is 137 Å². The van der Waals surface area contributed by atoms with Crippen molar-refractivity contribution in [2.45, 2.75) is 26.7 Å². The van der Waals surface area contributed by atoms with E-state index in [9.17, 15) is 13.2 Å². The quantitative estimate of drug-likeness (QED) is 0.858. The van der Waals surface area contributed by atoms with Gasteiger partial charge in [0.15, 0.2) is 0 Å². The van der Waals surface area contributed by atoms with Gasteiger partial charge in [-0.1, -0.05) is 6.92 Å². The fourth-order valence-electron chi connectivity index (χ4n) is 2.60. The van der Waals surface area contributed by atoms with Crippen LogP contribution in [0.4, 0.5) is 11.4 Å². The first-order valence-corrected chi connectivity index (χ1v) is 8.99. The van der Waals surface area contributed by atoms with E-state index in [-0.39, 0.29) is 11.6 Å². The maximum Gasteiger partial charge on any atom is 0.301 e. The van der Waals surface area contributed by atoms with Gasteiger partial charge in [-0.05, 0) is 30.9 Å². The molecule has 128 valence electrons.